The van der Waals surface area contributed by atoms with E-state index in [4.69, 9.17) is 4.89 Å². The SMILES string of the molecule is Cc1cccc(C(=O)OOOC(C)(C)CC(C)(C)C)c1. The average Bonchev–Trinajstić information content (AvgIpc) is 2.25. The molecule has 0 N–H and O–H groups in total. The fraction of sp³-hybridized carbons (Fsp3) is 0.562. The van der Waals surface area contributed by atoms with Crippen molar-refractivity contribution in [1.29, 1.82) is 0 Å². The van der Waals surface area contributed by atoms with E-state index in [1.807, 2.05) is 26.8 Å². The molecule has 0 heterocycles. The smallest absolute Gasteiger partial charge is 0.263 e. The van der Waals surface area contributed by atoms with Crippen LogP contribution in [0.4, 0.5) is 0 Å². The minimum Gasteiger partial charge on any atom is -0.263 e. The zero-order valence-corrected chi connectivity index (χ0v) is 13.1. The molecule has 0 radical (unpaired) electrons. The molecular weight excluding hydrogens is 256 g/mol. The van der Waals surface area contributed by atoms with Gasteiger partial charge in [-0.3, -0.25) is 4.89 Å². The summed E-state index contributed by atoms with van der Waals surface area (Å²) in [7, 11) is 0. The highest BCUT2D eigenvalue weighted by atomic mass is 17.5. The first-order chi connectivity index (χ1) is 9.09. The predicted molar refractivity (Wildman–Crippen MR) is 76.9 cm³/mol. The molecule has 0 atom stereocenters. The fourth-order valence-corrected chi connectivity index (χ4v) is 2.27. The molecule has 1 rings (SSSR count). The minimum absolute atomic E-state index is 0.0907. The van der Waals surface area contributed by atoms with E-state index in [1.54, 1.807) is 18.2 Å². The highest BCUT2D eigenvalue weighted by Crippen LogP contribution is 2.29. The van der Waals surface area contributed by atoms with Crippen LogP contribution in [0, 0.1) is 12.3 Å². The van der Waals surface area contributed by atoms with Crippen LogP contribution in [-0.2, 0) is 14.8 Å². The molecule has 0 aromatic heterocycles. The number of hydrogen-bond acceptors (Lipinski definition) is 4. The summed E-state index contributed by atoms with van der Waals surface area (Å²) in [5.41, 5.74) is 0.967. The van der Waals surface area contributed by atoms with Crippen molar-refractivity contribution in [2.75, 3.05) is 0 Å². The minimum atomic E-state index is -0.569. The van der Waals surface area contributed by atoms with Crippen molar-refractivity contribution in [3.05, 3.63) is 35.4 Å². The molecule has 0 saturated heterocycles. The number of rotatable bonds is 5. The van der Waals surface area contributed by atoms with Crippen molar-refractivity contribution >= 4 is 5.97 Å². The molecule has 0 saturated carbocycles. The van der Waals surface area contributed by atoms with E-state index < -0.39 is 11.6 Å². The van der Waals surface area contributed by atoms with E-state index in [0.29, 0.717) is 5.56 Å². The lowest BCUT2D eigenvalue weighted by Crippen LogP contribution is -2.30. The molecule has 20 heavy (non-hydrogen) atoms. The molecule has 112 valence electrons. The predicted octanol–water partition coefficient (Wildman–Crippen LogP) is 4.23. The van der Waals surface area contributed by atoms with Gasteiger partial charge in [-0.1, -0.05) is 38.5 Å². The Hall–Kier alpha value is -1.39. The summed E-state index contributed by atoms with van der Waals surface area (Å²) >= 11 is 0. The molecular formula is C16H24O4. The Bertz CT molecular complexity index is 458. The number of carbonyl (C=O) groups excluding carboxylic acids is 1. The van der Waals surface area contributed by atoms with Gasteiger partial charge in [0.2, 0.25) is 0 Å². The molecule has 0 aliphatic rings. The third kappa shape index (κ3) is 6.17. The molecule has 0 bridgehead atoms. The molecule has 4 nitrogen and oxygen atoms in total. The van der Waals surface area contributed by atoms with Crippen LogP contribution in [0.5, 0.6) is 0 Å². The Morgan fingerprint density at radius 2 is 1.80 bits per heavy atom. The van der Waals surface area contributed by atoms with Crippen molar-refractivity contribution in [1.82, 2.24) is 0 Å². The summed E-state index contributed by atoms with van der Waals surface area (Å²) in [5, 5.41) is 4.65. The summed E-state index contributed by atoms with van der Waals surface area (Å²) in [4.78, 5) is 21.6. The topological polar surface area (TPSA) is 44.8 Å². The van der Waals surface area contributed by atoms with Gasteiger partial charge in [0.1, 0.15) is 5.60 Å². The molecule has 4 heteroatoms. The lowest BCUT2D eigenvalue weighted by atomic mass is 9.84. The number of carbonyl (C=O) groups is 1. The molecule has 0 unspecified atom stereocenters. The maximum absolute atomic E-state index is 11.7. The van der Waals surface area contributed by atoms with Crippen molar-refractivity contribution in [3.8, 4) is 0 Å². The molecule has 1 aromatic rings. The van der Waals surface area contributed by atoms with Crippen molar-refractivity contribution < 1.29 is 19.6 Å². The Balaban J connectivity index is 2.46. The van der Waals surface area contributed by atoms with Crippen LogP contribution in [-0.4, -0.2) is 11.6 Å². The maximum atomic E-state index is 11.7. The molecule has 0 spiro atoms. The summed E-state index contributed by atoms with van der Waals surface area (Å²) in [6.07, 6.45) is 0.766. The van der Waals surface area contributed by atoms with E-state index in [1.165, 1.54) is 0 Å². The van der Waals surface area contributed by atoms with Gasteiger partial charge in [-0.2, -0.15) is 4.89 Å². The molecule has 0 aliphatic carbocycles. The number of aryl methyl sites for hydroxylation is 1. The van der Waals surface area contributed by atoms with E-state index in [0.717, 1.165) is 12.0 Å². The van der Waals surface area contributed by atoms with Gasteiger partial charge in [0.05, 0.1) is 5.56 Å². The summed E-state index contributed by atoms with van der Waals surface area (Å²) in [6, 6.07) is 7.09. The molecule has 0 amide bonds. The van der Waals surface area contributed by atoms with Gasteiger partial charge in [-0.05, 0) is 49.8 Å². The monoisotopic (exact) mass is 280 g/mol. The second-order valence-electron chi connectivity index (χ2n) is 6.89. The molecule has 0 fully saturated rings. The van der Waals surface area contributed by atoms with Gasteiger partial charge in [0, 0.05) is 0 Å². The van der Waals surface area contributed by atoms with E-state index >= 15 is 0 Å². The first-order valence-corrected chi connectivity index (χ1v) is 6.72. The standard InChI is InChI=1S/C16H24O4/c1-12-8-7-9-13(10-12)14(17)18-20-19-16(5,6)11-15(2,3)4/h7-10H,11H2,1-6H3. The largest absolute Gasteiger partial charge is 0.376 e. The van der Waals surface area contributed by atoms with E-state index in [9.17, 15) is 4.79 Å². The van der Waals surface area contributed by atoms with Crippen LogP contribution in [0.2, 0.25) is 0 Å². The van der Waals surface area contributed by atoms with Crippen molar-refractivity contribution in [3.63, 3.8) is 0 Å². The fourth-order valence-electron chi connectivity index (χ4n) is 2.27. The second kappa shape index (κ2) is 6.37. The van der Waals surface area contributed by atoms with Crippen molar-refractivity contribution in [2.24, 2.45) is 5.41 Å². The Morgan fingerprint density at radius 3 is 2.35 bits per heavy atom. The third-order valence-corrected chi connectivity index (χ3v) is 2.58. The van der Waals surface area contributed by atoms with Gasteiger partial charge in [-0.15, -0.1) is 0 Å². The molecule has 1 aromatic carbocycles. The maximum Gasteiger partial charge on any atom is 0.376 e. The first-order valence-electron chi connectivity index (χ1n) is 6.72. The Labute approximate surface area is 120 Å². The molecule has 0 aliphatic heterocycles. The summed E-state index contributed by atoms with van der Waals surface area (Å²) in [5.74, 6) is -0.569. The zero-order valence-electron chi connectivity index (χ0n) is 13.1. The quantitative estimate of drug-likeness (QED) is 0.598. The van der Waals surface area contributed by atoms with E-state index in [-0.39, 0.29) is 5.41 Å². The van der Waals surface area contributed by atoms with Crippen LogP contribution < -0.4 is 0 Å². The highest BCUT2D eigenvalue weighted by Gasteiger charge is 2.28. The Morgan fingerprint density at radius 1 is 1.15 bits per heavy atom. The van der Waals surface area contributed by atoms with Gasteiger partial charge in [0.15, 0.2) is 0 Å². The van der Waals surface area contributed by atoms with Crippen LogP contribution in [0.3, 0.4) is 0 Å². The van der Waals surface area contributed by atoms with Gasteiger partial charge in [0.25, 0.3) is 0 Å². The first kappa shape index (κ1) is 16.7. The summed E-state index contributed by atoms with van der Waals surface area (Å²) in [6.45, 7) is 12.0. The van der Waals surface area contributed by atoms with Gasteiger partial charge in [-0.25, -0.2) is 4.79 Å². The summed E-state index contributed by atoms with van der Waals surface area (Å²) < 4.78 is 0. The second-order valence-corrected chi connectivity index (χ2v) is 6.89. The van der Waals surface area contributed by atoms with Gasteiger partial charge < -0.3 is 0 Å². The lowest BCUT2D eigenvalue weighted by Gasteiger charge is -2.29. The van der Waals surface area contributed by atoms with E-state index in [2.05, 4.69) is 30.7 Å². The van der Waals surface area contributed by atoms with Crippen LogP contribution in [0.1, 0.15) is 57.0 Å². The van der Waals surface area contributed by atoms with Crippen molar-refractivity contribution in [2.45, 2.75) is 53.6 Å². The normalized spacial score (nSPS) is 12.3. The average molecular weight is 280 g/mol. The Kier molecular flexibility index (Phi) is 5.31. The zero-order chi connectivity index (χ0) is 15.4. The lowest BCUT2D eigenvalue weighted by molar-refractivity contribution is -0.514. The van der Waals surface area contributed by atoms with Crippen LogP contribution >= 0.6 is 0 Å². The number of benzene rings is 1. The number of hydrogen-bond donors (Lipinski definition) is 0. The van der Waals surface area contributed by atoms with Gasteiger partial charge >= 0.3 is 5.97 Å². The third-order valence-electron chi connectivity index (χ3n) is 2.58. The van der Waals surface area contributed by atoms with Crippen LogP contribution in [0.15, 0.2) is 24.3 Å². The highest BCUT2D eigenvalue weighted by molar-refractivity contribution is 5.89. The van der Waals surface area contributed by atoms with Crippen LogP contribution in [0.25, 0.3) is 0 Å².